The predicted molar refractivity (Wildman–Crippen MR) is 88.7 cm³/mol. The maximum Gasteiger partial charge on any atom is 0.0398 e. The predicted octanol–water partition coefficient (Wildman–Crippen LogP) is 3.92. The van der Waals surface area contributed by atoms with E-state index in [9.17, 15) is 0 Å². The van der Waals surface area contributed by atoms with Crippen molar-refractivity contribution in [3.05, 3.63) is 29.3 Å². The molecule has 1 N–H and O–H groups in total. The van der Waals surface area contributed by atoms with Crippen LogP contribution in [-0.2, 0) is 6.42 Å². The molecule has 0 saturated heterocycles. The molecule has 1 aromatic carbocycles. The van der Waals surface area contributed by atoms with E-state index in [-0.39, 0.29) is 0 Å². The number of benzene rings is 1. The largest absolute Gasteiger partial charge is 0.371 e. The van der Waals surface area contributed by atoms with Crippen molar-refractivity contribution in [2.75, 3.05) is 24.5 Å². The second-order valence-corrected chi connectivity index (χ2v) is 6.03. The van der Waals surface area contributed by atoms with E-state index in [4.69, 9.17) is 0 Å². The minimum Gasteiger partial charge on any atom is -0.371 e. The number of fused-ring (bicyclic) bond motifs is 1. The van der Waals surface area contributed by atoms with Crippen LogP contribution in [0.3, 0.4) is 0 Å². The average Bonchev–Trinajstić information content (AvgIpc) is 2.46. The zero-order chi connectivity index (χ0) is 14.4. The summed E-state index contributed by atoms with van der Waals surface area (Å²) in [5, 5.41) is 3.58. The lowest BCUT2D eigenvalue weighted by Crippen LogP contribution is -2.33. The van der Waals surface area contributed by atoms with Crippen molar-refractivity contribution >= 4 is 5.69 Å². The topological polar surface area (TPSA) is 15.3 Å². The molecule has 1 heterocycles. The molecule has 20 heavy (non-hydrogen) atoms. The van der Waals surface area contributed by atoms with Gasteiger partial charge < -0.3 is 10.2 Å². The molecule has 2 nitrogen and oxygen atoms in total. The van der Waals surface area contributed by atoms with Crippen LogP contribution in [0.4, 0.5) is 5.69 Å². The second kappa shape index (κ2) is 7.68. The molecule has 1 aliphatic heterocycles. The van der Waals surface area contributed by atoms with Crippen LogP contribution in [0.25, 0.3) is 0 Å². The molecule has 0 amide bonds. The highest BCUT2D eigenvalue weighted by Gasteiger charge is 2.16. The summed E-state index contributed by atoms with van der Waals surface area (Å²) in [5.41, 5.74) is 4.43. The van der Waals surface area contributed by atoms with Crippen molar-refractivity contribution in [1.29, 1.82) is 0 Å². The van der Waals surface area contributed by atoms with Gasteiger partial charge >= 0.3 is 0 Å². The fourth-order valence-corrected chi connectivity index (χ4v) is 3.30. The van der Waals surface area contributed by atoms with Gasteiger partial charge in [0.2, 0.25) is 0 Å². The smallest absolute Gasteiger partial charge is 0.0398 e. The molecule has 1 atom stereocenters. The number of hydrogen-bond donors (Lipinski definition) is 1. The van der Waals surface area contributed by atoms with E-state index in [1.54, 1.807) is 5.56 Å². The Morgan fingerprint density at radius 1 is 1.30 bits per heavy atom. The van der Waals surface area contributed by atoms with Gasteiger partial charge in [-0.15, -0.1) is 0 Å². The molecule has 1 unspecified atom stereocenters. The first-order valence-electron chi connectivity index (χ1n) is 8.32. The molecule has 0 radical (unpaired) electrons. The van der Waals surface area contributed by atoms with E-state index in [2.05, 4.69) is 49.2 Å². The van der Waals surface area contributed by atoms with Crippen LogP contribution >= 0.6 is 0 Å². The standard InChI is InChI=1S/C18H30N2/c1-4-17(19-5-2)9-7-13-20-12-6-8-16-14-15(3)10-11-18(16)20/h10-11,14,17,19H,4-9,12-13H2,1-3H3. The Hall–Kier alpha value is -1.02. The fraction of sp³-hybridized carbons (Fsp3) is 0.667. The maximum absolute atomic E-state index is 3.58. The third kappa shape index (κ3) is 3.99. The van der Waals surface area contributed by atoms with Gasteiger partial charge in [0, 0.05) is 24.8 Å². The summed E-state index contributed by atoms with van der Waals surface area (Å²) in [6, 6.07) is 7.65. The molecule has 0 aliphatic carbocycles. The number of nitrogens with one attached hydrogen (secondary N) is 1. The Morgan fingerprint density at radius 2 is 2.15 bits per heavy atom. The molecule has 1 aliphatic rings. The second-order valence-electron chi connectivity index (χ2n) is 6.03. The van der Waals surface area contributed by atoms with Crippen LogP contribution in [0.2, 0.25) is 0 Å². The molecule has 0 bridgehead atoms. The molecular formula is C18H30N2. The van der Waals surface area contributed by atoms with Crippen LogP contribution < -0.4 is 10.2 Å². The van der Waals surface area contributed by atoms with Crippen LogP contribution in [0.15, 0.2) is 18.2 Å². The Bertz CT molecular complexity index is 414. The number of rotatable bonds is 7. The van der Waals surface area contributed by atoms with E-state index in [1.165, 1.54) is 56.4 Å². The van der Waals surface area contributed by atoms with Gasteiger partial charge in [0.15, 0.2) is 0 Å². The first-order valence-corrected chi connectivity index (χ1v) is 8.32. The van der Waals surface area contributed by atoms with Gasteiger partial charge in [0.1, 0.15) is 0 Å². The molecule has 0 spiro atoms. The monoisotopic (exact) mass is 274 g/mol. The normalized spacial score (nSPS) is 16.1. The summed E-state index contributed by atoms with van der Waals surface area (Å²) in [6.07, 6.45) is 6.38. The molecule has 0 saturated carbocycles. The molecule has 0 fully saturated rings. The highest BCUT2D eigenvalue weighted by molar-refractivity contribution is 5.56. The van der Waals surface area contributed by atoms with E-state index < -0.39 is 0 Å². The molecule has 2 rings (SSSR count). The Morgan fingerprint density at radius 3 is 2.90 bits per heavy atom. The van der Waals surface area contributed by atoms with Crippen LogP contribution in [0.1, 0.15) is 50.7 Å². The quantitative estimate of drug-likeness (QED) is 0.811. The summed E-state index contributed by atoms with van der Waals surface area (Å²) in [5.74, 6) is 0. The van der Waals surface area contributed by atoms with E-state index >= 15 is 0 Å². The minimum absolute atomic E-state index is 0.697. The van der Waals surface area contributed by atoms with Crippen LogP contribution in [0, 0.1) is 6.92 Å². The lowest BCUT2D eigenvalue weighted by molar-refractivity contribution is 0.464. The van der Waals surface area contributed by atoms with Gasteiger partial charge in [0.05, 0.1) is 0 Å². The van der Waals surface area contributed by atoms with Gasteiger partial charge in [-0.05, 0) is 57.2 Å². The van der Waals surface area contributed by atoms with Crippen molar-refractivity contribution in [2.24, 2.45) is 0 Å². The summed E-state index contributed by atoms with van der Waals surface area (Å²) < 4.78 is 0. The summed E-state index contributed by atoms with van der Waals surface area (Å²) in [4.78, 5) is 2.59. The van der Waals surface area contributed by atoms with Crippen molar-refractivity contribution < 1.29 is 0 Å². The number of anilines is 1. The van der Waals surface area contributed by atoms with E-state index in [0.717, 1.165) is 6.54 Å². The highest BCUT2D eigenvalue weighted by Crippen LogP contribution is 2.28. The van der Waals surface area contributed by atoms with Crippen LogP contribution in [0.5, 0.6) is 0 Å². The molecule has 2 heteroatoms. The van der Waals surface area contributed by atoms with Gasteiger partial charge in [-0.25, -0.2) is 0 Å². The highest BCUT2D eigenvalue weighted by atomic mass is 15.1. The third-order valence-electron chi connectivity index (χ3n) is 4.42. The summed E-state index contributed by atoms with van der Waals surface area (Å²) in [7, 11) is 0. The van der Waals surface area contributed by atoms with Crippen LogP contribution in [-0.4, -0.2) is 25.7 Å². The van der Waals surface area contributed by atoms with Crippen molar-refractivity contribution in [3.8, 4) is 0 Å². The number of hydrogen-bond acceptors (Lipinski definition) is 2. The van der Waals surface area contributed by atoms with Gasteiger partial charge in [-0.2, -0.15) is 0 Å². The molecule has 0 aromatic heterocycles. The van der Waals surface area contributed by atoms with E-state index in [1.807, 2.05) is 0 Å². The summed E-state index contributed by atoms with van der Waals surface area (Å²) in [6.45, 7) is 10.2. The van der Waals surface area contributed by atoms with Crippen molar-refractivity contribution in [1.82, 2.24) is 5.32 Å². The number of aryl methyl sites for hydroxylation is 2. The lowest BCUT2D eigenvalue weighted by Gasteiger charge is -2.32. The SMILES string of the molecule is CCNC(CC)CCCN1CCCc2cc(C)ccc21. The first-order chi connectivity index (χ1) is 9.74. The van der Waals surface area contributed by atoms with Crippen molar-refractivity contribution in [3.63, 3.8) is 0 Å². The fourth-order valence-electron chi connectivity index (χ4n) is 3.30. The molecule has 1 aromatic rings. The number of nitrogens with zero attached hydrogens (tertiary/aromatic N) is 1. The Labute approximate surface area is 124 Å². The first kappa shape index (κ1) is 15.4. The molecular weight excluding hydrogens is 244 g/mol. The zero-order valence-electron chi connectivity index (χ0n) is 13.4. The molecule has 112 valence electrons. The van der Waals surface area contributed by atoms with Gasteiger partial charge in [-0.1, -0.05) is 31.5 Å². The maximum atomic E-state index is 3.58. The lowest BCUT2D eigenvalue weighted by atomic mass is 9.99. The third-order valence-corrected chi connectivity index (χ3v) is 4.42. The van der Waals surface area contributed by atoms with Gasteiger partial charge in [-0.3, -0.25) is 0 Å². The average molecular weight is 274 g/mol. The van der Waals surface area contributed by atoms with Crippen molar-refractivity contribution in [2.45, 2.75) is 58.9 Å². The Balaban J connectivity index is 1.88. The zero-order valence-corrected chi connectivity index (χ0v) is 13.4. The van der Waals surface area contributed by atoms with Gasteiger partial charge in [0.25, 0.3) is 0 Å². The summed E-state index contributed by atoms with van der Waals surface area (Å²) >= 11 is 0. The minimum atomic E-state index is 0.697. The van der Waals surface area contributed by atoms with E-state index in [0.29, 0.717) is 6.04 Å². The Kier molecular flexibility index (Phi) is 5.90.